The van der Waals surface area contributed by atoms with Crippen molar-refractivity contribution in [2.75, 3.05) is 5.73 Å². The Morgan fingerprint density at radius 2 is 1.77 bits per heavy atom. The first-order valence-electron chi connectivity index (χ1n) is 9.50. The van der Waals surface area contributed by atoms with E-state index in [9.17, 15) is 0 Å². The number of pyridine rings is 2. The number of nitrogens with zero attached hydrogens (tertiary/aromatic N) is 5. The zero-order valence-electron chi connectivity index (χ0n) is 16.3. The molecule has 4 heterocycles. The van der Waals surface area contributed by atoms with Gasteiger partial charge in [0.25, 0.3) is 0 Å². The molecule has 0 fully saturated rings. The third kappa shape index (κ3) is 3.19. The molecule has 6 heteroatoms. The summed E-state index contributed by atoms with van der Waals surface area (Å²) in [5, 5.41) is 0. The molecule has 0 aliphatic rings. The lowest BCUT2D eigenvalue weighted by Crippen LogP contribution is -1.98. The van der Waals surface area contributed by atoms with Gasteiger partial charge in [0.2, 0.25) is 0 Å². The number of fused-ring (bicyclic) bond motifs is 1. The molecule has 5 rings (SSSR count). The summed E-state index contributed by atoms with van der Waals surface area (Å²) < 4.78 is 4.00. The second-order valence-electron chi connectivity index (χ2n) is 6.87. The zero-order chi connectivity index (χ0) is 20.5. The summed E-state index contributed by atoms with van der Waals surface area (Å²) in [5.74, 6) is 6.85. The SMILES string of the molecule is Cc1nc2ccccn2c1-c1ccc(N)nc1C#Cc1ccc(-n2ccnc2)cc1. The smallest absolute Gasteiger partial charge is 0.137 e. The summed E-state index contributed by atoms with van der Waals surface area (Å²) >= 11 is 0. The van der Waals surface area contributed by atoms with Gasteiger partial charge in [-0.15, -0.1) is 0 Å². The summed E-state index contributed by atoms with van der Waals surface area (Å²) in [7, 11) is 0. The molecule has 2 N–H and O–H groups in total. The number of nitrogens with two attached hydrogens (primary N) is 1. The van der Waals surface area contributed by atoms with Crippen molar-refractivity contribution in [2.24, 2.45) is 0 Å². The van der Waals surface area contributed by atoms with Crippen LogP contribution in [0.5, 0.6) is 0 Å². The Balaban J connectivity index is 1.57. The molecule has 4 aromatic heterocycles. The van der Waals surface area contributed by atoms with E-state index in [2.05, 4.69) is 26.8 Å². The molecular formula is C24H18N6. The van der Waals surface area contributed by atoms with Crippen LogP contribution in [0.4, 0.5) is 5.82 Å². The van der Waals surface area contributed by atoms with Crippen molar-refractivity contribution in [3.05, 3.63) is 96.5 Å². The molecule has 0 aliphatic carbocycles. The first-order chi connectivity index (χ1) is 14.7. The first kappa shape index (κ1) is 17.7. The summed E-state index contributed by atoms with van der Waals surface area (Å²) in [6.07, 6.45) is 7.42. The minimum absolute atomic E-state index is 0.435. The molecular weight excluding hydrogens is 372 g/mol. The maximum atomic E-state index is 5.96. The highest BCUT2D eigenvalue weighted by molar-refractivity contribution is 5.73. The fourth-order valence-electron chi connectivity index (χ4n) is 3.46. The molecule has 0 radical (unpaired) electrons. The van der Waals surface area contributed by atoms with Gasteiger partial charge in [0.1, 0.15) is 17.2 Å². The van der Waals surface area contributed by atoms with Crippen molar-refractivity contribution in [3.8, 4) is 28.8 Å². The van der Waals surface area contributed by atoms with Gasteiger partial charge in [-0.2, -0.15) is 0 Å². The van der Waals surface area contributed by atoms with Gasteiger partial charge >= 0.3 is 0 Å². The number of rotatable bonds is 2. The number of benzene rings is 1. The Labute approximate surface area is 173 Å². The van der Waals surface area contributed by atoms with Crippen molar-refractivity contribution in [3.63, 3.8) is 0 Å². The summed E-state index contributed by atoms with van der Waals surface area (Å²) in [6, 6.07) is 17.7. The van der Waals surface area contributed by atoms with Gasteiger partial charge in [-0.25, -0.2) is 15.0 Å². The van der Waals surface area contributed by atoms with Crippen LogP contribution in [-0.2, 0) is 0 Å². The van der Waals surface area contributed by atoms with Gasteiger partial charge < -0.3 is 10.3 Å². The van der Waals surface area contributed by atoms with Crippen LogP contribution in [0.2, 0.25) is 0 Å². The normalized spacial score (nSPS) is 10.7. The van der Waals surface area contributed by atoms with E-state index in [0.717, 1.165) is 33.8 Å². The van der Waals surface area contributed by atoms with Crippen molar-refractivity contribution >= 4 is 11.5 Å². The summed E-state index contributed by atoms with van der Waals surface area (Å²) in [5.41, 5.74) is 12.2. The Kier molecular flexibility index (Phi) is 4.26. The van der Waals surface area contributed by atoms with Crippen LogP contribution in [0, 0.1) is 18.8 Å². The van der Waals surface area contributed by atoms with Crippen molar-refractivity contribution in [1.29, 1.82) is 0 Å². The molecule has 0 saturated heterocycles. The van der Waals surface area contributed by atoms with Gasteiger partial charge in [-0.1, -0.05) is 12.0 Å². The van der Waals surface area contributed by atoms with Crippen LogP contribution in [0.1, 0.15) is 17.0 Å². The lowest BCUT2D eigenvalue weighted by molar-refractivity contribution is 1.06. The topological polar surface area (TPSA) is 74.0 Å². The minimum atomic E-state index is 0.435. The average Bonchev–Trinajstić information content (AvgIpc) is 3.40. The van der Waals surface area contributed by atoms with E-state index in [1.165, 1.54) is 0 Å². The fourth-order valence-corrected chi connectivity index (χ4v) is 3.46. The average molecular weight is 390 g/mol. The van der Waals surface area contributed by atoms with Crippen LogP contribution in [0.15, 0.2) is 79.5 Å². The molecule has 0 aliphatic heterocycles. The second-order valence-corrected chi connectivity index (χ2v) is 6.87. The van der Waals surface area contributed by atoms with Crippen LogP contribution < -0.4 is 5.73 Å². The van der Waals surface area contributed by atoms with E-state index >= 15 is 0 Å². The fraction of sp³-hybridized carbons (Fsp3) is 0.0417. The number of imidazole rings is 2. The maximum absolute atomic E-state index is 5.96. The maximum Gasteiger partial charge on any atom is 0.137 e. The molecule has 0 unspecified atom stereocenters. The van der Waals surface area contributed by atoms with E-state index < -0.39 is 0 Å². The molecule has 144 valence electrons. The van der Waals surface area contributed by atoms with Crippen molar-refractivity contribution in [1.82, 2.24) is 23.9 Å². The van der Waals surface area contributed by atoms with Gasteiger partial charge in [0.15, 0.2) is 0 Å². The molecule has 1 aromatic carbocycles. The number of anilines is 1. The molecule has 5 aromatic rings. The van der Waals surface area contributed by atoms with Crippen LogP contribution in [0.3, 0.4) is 0 Å². The summed E-state index contributed by atoms with van der Waals surface area (Å²) in [4.78, 5) is 13.2. The van der Waals surface area contributed by atoms with Crippen LogP contribution in [0.25, 0.3) is 22.6 Å². The van der Waals surface area contributed by atoms with E-state index in [-0.39, 0.29) is 0 Å². The van der Waals surface area contributed by atoms with Gasteiger partial charge in [0, 0.05) is 35.4 Å². The molecule has 6 nitrogen and oxygen atoms in total. The van der Waals surface area contributed by atoms with E-state index in [1.807, 2.05) is 76.8 Å². The monoisotopic (exact) mass is 390 g/mol. The second kappa shape index (κ2) is 7.22. The third-order valence-electron chi connectivity index (χ3n) is 4.87. The van der Waals surface area contributed by atoms with Gasteiger partial charge in [-0.3, -0.25) is 4.40 Å². The first-order valence-corrected chi connectivity index (χ1v) is 9.50. The Hall–Kier alpha value is -4.37. The Bertz CT molecular complexity index is 1400. The summed E-state index contributed by atoms with van der Waals surface area (Å²) in [6.45, 7) is 1.99. The van der Waals surface area contributed by atoms with Gasteiger partial charge in [-0.05, 0) is 61.4 Å². The van der Waals surface area contributed by atoms with Crippen LogP contribution >= 0.6 is 0 Å². The zero-order valence-corrected chi connectivity index (χ0v) is 16.3. The number of hydrogen-bond donors (Lipinski definition) is 1. The lowest BCUT2D eigenvalue weighted by Gasteiger charge is -2.07. The molecule has 0 bridgehead atoms. The van der Waals surface area contributed by atoms with Gasteiger partial charge in [0.05, 0.1) is 17.7 Å². The molecule has 30 heavy (non-hydrogen) atoms. The minimum Gasteiger partial charge on any atom is -0.384 e. The third-order valence-corrected chi connectivity index (χ3v) is 4.87. The van der Waals surface area contributed by atoms with Crippen molar-refractivity contribution in [2.45, 2.75) is 6.92 Å². The largest absolute Gasteiger partial charge is 0.384 e. The van der Waals surface area contributed by atoms with E-state index in [0.29, 0.717) is 11.5 Å². The molecule has 0 saturated carbocycles. The Morgan fingerprint density at radius 1 is 0.900 bits per heavy atom. The van der Waals surface area contributed by atoms with Crippen LogP contribution in [-0.4, -0.2) is 23.9 Å². The Morgan fingerprint density at radius 3 is 2.57 bits per heavy atom. The quantitative estimate of drug-likeness (QED) is 0.464. The van der Waals surface area contributed by atoms with E-state index in [4.69, 9.17) is 5.73 Å². The highest BCUT2D eigenvalue weighted by atomic mass is 15.0. The standard InChI is InChI=1S/C24H18N6/c1-17-24(30-14-3-2-4-23(30)27-17)20-10-12-22(25)28-21(20)11-7-18-5-8-19(9-6-18)29-15-13-26-16-29/h2-6,8-10,12-16H,1H3,(H2,25,28). The highest BCUT2D eigenvalue weighted by Crippen LogP contribution is 2.27. The van der Waals surface area contributed by atoms with E-state index in [1.54, 1.807) is 18.6 Å². The number of aromatic nitrogens is 5. The number of aryl methyl sites for hydroxylation is 1. The predicted molar refractivity (Wildman–Crippen MR) is 117 cm³/mol. The molecule has 0 atom stereocenters. The van der Waals surface area contributed by atoms with Crippen molar-refractivity contribution < 1.29 is 0 Å². The predicted octanol–water partition coefficient (Wildman–Crippen LogP) is 3.87. The molecule has 0 amide bonds. The molecule has 0 spiro atoms. The number of hydrogen-bond acceptors (Lipinski definition) is 4. The lowest BCUT2D eigenvalue weighted by atomic mass is 10.1. The highest BCUT2D eigenvalue weighted by Gasteiger charge is 2.14. The number of nitrogen functional groups attached to an aromatic ring is 1.